The van der Waals surface area contributed by atoms with Gasteiger partial charge >= 0.3 is 0 Å². The predicted molar refractivity (Wildman–Crippen MR) is 81.3 cm³/mol. The molecule has 2 saturated heterocycles. The van der Waals surface area contributed by atoms with Crippen LogP contribution < -0.4 is 0 Å². The van der Waals surface area contributed by atoms with E-state index in [0.717, 1.165) is 18.7 Å². The Morgan fingerprint density at radius 2 is 2.14 bits per heavy atom. The fourth-order valence-corrected chi connectivity index (χ4v) is 3.07. The highest BCUT2D eigenvalue weighted by Crippen LogP contribution is 2.22. The summed E-state index contributed by atoms with van der Waals surface area (Å²) >= 11 is 0. The second kappa shape index (κ2) is 6.73. The molecule has 1 aromatic rings. The van der Waals surface area contributed by atoms with Crippen molar-refractivity contribution in [3.8, 4) is 0 Å². The first-order chi connectivity index (χ1) is 10.7. The van der Waals surface area contributed by atoms with Crippen LogP contribution >= 0.6 is 0 Å². The molecule has 2 aliphatic rings. The summed E-state index contributed by atoms with van der Waals surface area (Å²) in [7, 11) is 0. The van der Waals surface area contributed by atoms with Crippen LogP contribution in [0.2, 0.25) is 0 Å². The third-order valence-corrected chi connectivity index (χ3v) is 4.23. The largest absolute Gasteiger partial charge is 0.378 e. The summed E-state index contributed by atoms with van der Waals surface area (Å²) in [5.41, 5.74) is 0.392. The van der Waals surface area contributed by atoms with Crippen LogP contribution in [0, 0.1) is 0 Å². The van der Waals surface area contributed by atoms with Gasteiger partial charge in [0.05, 0.1) is 19.8 Å². The Bertz CT molecular complexity index is 505. The van der Waals surface area contributed by atoms with E-state index in [1.165, 1.54) is 0 Å². The Hall–Kier alpha value is -1.50. The van der Waals surface area contributed by atoms with Gasteiger partial charge in [0, 0.05) is 45.1 Å². The molecule has 1 atom stereocenters. The van der Waals surface area contributed by atoms with Gasteiger partial charge < -0.3 is 14.4 Å². The van der Waals surface area contributed by atoms with Crippen molar-refractivity contribution >= 4 is 5.91 Å². The molecule has 0 aliphatic carbocycles. The van der Waals surface area contributed by atoms with Crippen LogP contribution in [0.4, 0.5) is 0 Å². The molecule has 0 radical (unpaired) electrons. The van der Waals surface area contributed by atoms with Crippen LogP contribution in [0.3, 0.4) is 0 Å². The van der Waals surface area contributed by atoms with E-state index < -0.39 is 5.60 Å². The number of pyridine rings is 1. The first-order valence-corrected chi connectivity index (χ1v) is 7.80. The number of morpholine rings is 2. The Morgan fingerprint density at radius 1 is 1.32 bits per heavy atom. The Kier molecular flexibility index (Phi) is 4.71. The molecule has 3 rings (SSSR count). The molecule has 1 aromatic heterocycles. The van der Waals surface area contributed by atoms with Gasteiger partial charge in [-0.3, -0.25) is 14.7 Å². The van der Waals surface area contributed by atoms with Gasteiger partial charge in [-0.05, 0) is 18.6 Å². The van der Waals surface area contributed by atoms with Gasteiger partial charge in [0.1, 0.15) is 0 Å². The number of hydrogen-bond donors (Lipinski definition) is 0. The van der Waals surface area contributed by atoms with Gasteiger partial charge in [0.15, 0.2) is 5.60 Å². The lowest BCUT2D eigenvalue weighted by Gasteiger charge is -2.42. The van der Waals surface area contributed by atoms with Crippen LogP contribution in [-0.4, -0.2) is 72.3 Å². The van der Waals surface area contributed by atoms with Crippen molar-refractivity contribution in [1.29, 1.82) is 0 Å². The average Bonchev–Trinajstić information content (AvgIpc) is 2.56. The molecule has 0 spiro atoms. The zero-order chi connectivity index (χ0) is 15.4. The van der Waals surface area contributed by atoms with Gasteiger partial charge in [0.2, 0.25) is 0 Å². The summed E-state index contributed by atoms with van der Waals surface area (Å²) in [5, 5.41) is 0. The third-order valence-electron chi connectivity index (χ3n) is 4.23. The number of ether oxygens (including phenoxy) is 2. The maximum Gasteiger partial charge on any atom is 0.256 e. The molecular formula is C16H23N3O3. The molecule has 1 unspecified atom stereocenters. The van der Waals surface area contributed by atoms with Crippen molar-refractivity contribution in [2.45, 2.75) is 19.1 Å². The van der Waals surface area contributed by atoms with Gasteiger partial charge in [0.25, 0.3) is 5.91 Å². The number of carbonyl (C=O) groups excluding carboxylic acids is 1. The molecule has 3 heterocycles. The van der Waals surface area contributed by atoms with Crippen LogP contribution in [0.25, 0.3) is 0 Å². The summed E-state index contributed by atoms with van der Waals surface area (Å²) in [4.78, 5) is 21.0. The minimum absolute atomic E-state index is 0.0756. The second-order valence-corrected chi connectivity index (χ2v) is 6.06. The van der Waals surface area contributed by atoms with Crippen molar-refractivity contribution in [2.75, 3.05) is 46.0 Å². The highest BCUT2D eigenvalue weighted by Gasteiger charge is 2.42. The second-order valence-electron chi connectivity index (χ2n) is 6.06. The minimum atomic E-state index is -0.766. The van der Waals surface area contributed by atoms with E-state index in [1.807, 2.05) is 24.1 Å². The summed E-state index contributed by atoms with van der Waals surface area (Å²) in [6, 6.07) is 4.00. The predicted octanol–water partition coefficient (Wildman–Crippen LogP) is 0.531. The fourth-order valence-electron chi connectivity index (χ4n) is 3.07. The van der Waals surface area contributed by atoms with E-state index in [2.05, 4.69) is 16.0 Å². The molecule has 120 valence electrons. The standard InChI is InChI=1S/C16H23N3O3/c1-16(15(20)19-6-8-21-9-7-19)13-18(5-10-22-16)12-14-3-2-4-17-11-14/h2-4,11H,5-10,12-13H2,1H3. The molecule has 6 nitrogen and oxygen atoms in total. The van der Waals surface area contributed by atoms with E-state index in [9.17, 15) is 4.79 Å². The van der Waals surface area contributed by atoms with Gasteiger partial charge in [-0.15, -0.1) is 0 Å². The molecule has 2 fully saturated rings. The van der Waals surface area contributed by atoms with E-state index in [4.69, 9.17) is 9.47 Å². The molecule has 0 saturated carbocycles. The summed E-state index contributed by atoms with van der Waals surface area (Å²) in [6.07, 6.45) is 3.64. The number of rotatable bonds is 3. The fraction of sp³-hybridized carbons (Fsp3) is 0.625. The summed E-state index contributed by atoms with van der Waals surface area (Å²) in [6.45, 7) is 7.25. The average molecular weight is 305 g/mol. The number of carbonyl (C=O) groups is 1. The first kappa shape index (κ1) is 15.4. The van der Waals surface area contributed by atoms with Gasteiger partial charge in [-0.1, -0.05) is 6.07 Å². The van der Waals surface area contributed by atoms with E-state index in [0.29, 0.717) is 39.5 Å². The molecule has 6 heteroatoms. The highest BCUT2D eigenvalue weighted by molar-refractivity contribution is 5.85. The van der Waals surface area contributed by atoms with E-state index in [-0.39, 0.29) is 5.91 Å². The number of hydrogen-bond acceptors (Lipinski definition) is 5. The Labute approximate surface area is 131 Å². The highest BCUT2D eigenvalue weighted by atomic mass is 16.5. The van der Waals surface area contributed by atoms with Gasteiger partial charge in [-0.2, -0.15) is 0 Å². The molecule has 22 heavy (non-hydrogen) atoms. The maximum atomic E-state index is 12.8. The molecule has 1 amide bonds. The zero-order valence-electron chi connectivity index (χ0n) is 13.0. The minimum Gasteiger partial charge on any atom is -0.378 e. The van der Waals surface area contributed by atoms with E-state index in [1.54, 1.807) is 6.20 Å². The Balaban J connectivity index is 1.64. The van der Waals surface area contributed by atoms with Crippen LogP contribution in [0.5, 0.6) is 0 Å². The summed E-state index contributed by atoms with van der Waals surface area (Å²) in [5.74, 6) is 0.0756. The first-order valence-electron chi connectivity index (χ1n) is 7.80. The molecular weight excluding hydrogens is 282 g/mol. The van der Waals surface area contributed by atoms with Crippen molar-refractivity contribution in [1.82, 2.24) is 14.8 Å². The number of amides is 1. The van der Waals surface area contributed by atoms with Crippen LogP contribution in [0.15, 0.2) is 24.5 Å². The molecule has 0 aromatic carbocycles. The van der Waals surface area contributed by atoms with Crippen molar-refractivity contribution in [2.24, 2.45) is 0 Å². The molecule has 0 bridgehead atoms. The lowest BCUT2D eigenvalue weighted by Crippen LogP contribution is -2.60. The SMILES string of the molecule is CC1(C(=O)N2CCOCC2)CN(Cc2cccnc2)CCO1. The molecule has 2 aliphatic heterocycles. The number of nitrogens with zero attached hydrogens (tertiary/aromatic N) is 3. The Morgan fingerprint density at radius 3 is 2.86 bits per heavy atom. The number of aromatic nitrogens is 1. The lowest BCUT2D eigenvalue weighted by atomic mass is 10.0. The normalized spacial score (nSPS) is 26.9. The van der Waals surface area contributed by atoms with Gasteiger partial charge in [-0.25, -0.2) is 0 Å². The topological polar surface area (TPSA) is 54.9 Å². The summed E-state index contributed by atoms with van der Waals surface area (Å²) < 4.78 is 11.2. The van der Waals surface area contributed by atoms with Crippen LogP contribution in [0.1, 0.15) is 12.5 Å². The lowest BCUT2D eigenvalue weighted by molar-refractivity contribution is -0.171. The quantitative estimate of drug-likeness (QED) is 0.815. The van der Waals surface area contributed by atoms with Crippen molar-refractivity contribution < 1.29 is 14.3 Å². The monoisotopic (exact) mass is 305 g/mol. The van der Waals surface area contributed by atoms with Crippen molar-refractivity contribution in [3.05, 3.63) is 30.1 Å². The molecule has 0 N–H and O–H groups in total. The zero-order valence-corrected chi connectivity index (χ0v) is 13.0. The maximum absolute atomic E-state index is 12.8. The smallest absolute Gasteiger partial charge is 0.256 e. The van der Waals surface area contributed by atoms with E-state index >= 15 is 0 Å². The van der Waals surface area contributed by atoms with Crippen molar-refractivity contribution in [3.63, 3.8) is 0 Å². The third kappa shape index (κ3) is 3.45. The van der Waals surface area contributed by atoms with Crippen LogP contribution in [-0.2, 0) is 20.8 Å².